The van der Waals surface area contributed by atoms with Crippen LogP contribution in [0.3, 0.4) is 0 Å². The molecule has 0 aromatic heterocycles. The third kappa shape index (κ3) is 1.19. The maximum atomic E-state index is 11.5. The van der Waals surface area contributed by atoms with E-state index in [0.29, 0.717) is 18.6 Å². The molecular weight excluding hydrogens is 174 g/mol. The minimum absolute atomic E-state index is 0.119. The number of fused-ring (bicyclic) bond motifs is 1. The Labute approximate surface area is 85.3 Å². The summed E-state index contributed by atoms with van der Waals surface area (Å²) in [4.78, 5) is 11.5. The van der Waals surface area contributed by atoms with Crippen molar-refractivity contribution in [1.29, 1.82) is 5.26 Å². The summed E-state index contributed by atoms with van der Waals surface area (Å²) in [7, 11) is 0. The first-order valence-corrected chi connectivity index (χ1v) is 5.55. The smallest absolute Gasteiger partial charge is 0.134 e. The number of carbonyl (C=O) groups excluding carboxylic acids is 1. The average molecular weight is 191 g/mol. The Kier molecular flexibility index (Phi) is 2.14. The van der Waals surface area contributed by atoms with Gasteiger partial charge in [0.25, 0.3) is 0 Å². The minimum Gasteiger partial charge on any atom is -0.300 e. The van der Waals surface area contributed by atoms with Crippen LogP contribution in [0, 0.1) is 22.2 Å². The number of hydrogen-bond acceptors (Lipinski definition) is 2. The largest absolute Gasteiger partial charge is 0.300 e. The number of carbonyl (C=O) groups is 1. The van der Waals surface area contributed by atoms with E-state index >= 15 is 0 Å². The molecule has 0 aromatic rings. The van der Waals surface area contributed by atoms with Gasteiger partial charge in [0, 0.05) is 12.8 Å². The van der Waals surface area contributed by atoms with E-state index in [2.05, 4.69) is 13.0 Å². The van der Waals surface area contributed by atoms with Crippen LogP contribution in [-0.4, -0.2) is 5.78 Å². The summed E-state index contributed by atoms with van der Waals surface area (Å²) in [6.45, 7) is 2.21. The fourth-order valence-corrected chi connectivity index (χ4v) is 3.22. The Morgan fingerprint density at radius 3 is 2.71 bits per heavy atom. The van der Waals surface area contributed by atoms with Gasteiger partial charge in [-0.15, -0.1) is 0 Å². The molecule has 2 aliphatic carbocycles. The summed E-state index contributed by atoms with van der Waals surface area (Å²) in [6.07, 6.45) is 6.56. The summed E-state index contributed by atoms with van der Waals surface area (Å²) in [5.74, 6) is 0.297. The van der Waals surface area contributed by atoms with Crippen LogP contribution in [0.2, 0.25) is 0 Å². The van der Waals surface area contributed by atoms with Crippen LogP contribution >= 0.6 is 0 Å². The third-order valence-electron chi connectivity index (χ3n) is 4.41. The van der Waals surface area contributed by atoms with Gasteiger partial charge in [0.05, 0.1) is 11.5 Å². The predicted molar refractivity (Wildman–Crippen MR) is 53.5 cm³/mol. The van der Waals surface area contributed by atoms with Gasteiger partial charge in [-0.25, -0.2) is 0 Å². The van der Waals surface area contributed by atoms with Crippen LogP contribution < -0.4 is 0 Å². The molecule has 0 heterocycles. The average Bonchev–Trinajstić information content (AvgIpc) is 2.19. The Morgan fingerprint density at radius 2 is 2.00 bits per heavy atom. The van der Waals surface area contributed by atoms with Gasteiger partial charge in [-0.1, -0.05) is 19.8 Å². The lowest BCUT2D eigenvalue weighted by Crippen LogP contribution is -2.46. The van der Waals surface area contributed by atoms with Gasteiger partial charge in [0.15, 0.2) is 0 Å². The quantitative estimate of drug-likeness (QED) is 0.590. The van der Waals surface area contributed by atoms with Gasteiger partial charge in [0.2, 0.25) is 0 Å². The van der Waals surface area contributed by atoms with Gasteiger partial charge in [-0.2, -0.15) is 5.26 Å². The van der Waals surface area contributed by atoms with Crippen molar-refractivity contribution < 1.29 is 4.79 Å². The Balaban J connectivity index is 2.35. The minimum atomic E-state index is -0.319. The summed E-state index contributed by atoms with van der Waals surface area (Å²) >= 11 is 0. The summed E-state index contributed by atoms with van der Waals surface area (Å²) in [6, 6.07) is 2.47. The number of Topliss-reactive ketones (excluding diaryl/α,β-unsaturated/α-hetero) is 1. The first kappa shape index (κ1) is 9.71. The first-order chi connectivity index (χ1) is 6.62. The van der Waals surface area contributed by atoms with E-state index in [1.165, 1.54) is 6.42 Å². The zero-order valence-electron chi connectivity index (χ0n) is 8.81. The van der Waals surface area contributed by atoms with E-state index in [-0.39, 0.29) is 10.8 Å². The molecule has 0 unspecified atom stereocenters. The molecule has 2 saturated carbocycles. The fourth-order valence-electron chi connectivity index (χ4n) is 3.22. The monoisotopic (exact) mass is 191 g/mol. The fraction of sp³-hybridized carbons (Fsp3) is 0.833. The van der Waals surface area contributed by atoms with E-state index in [1.807, 2.05) is 0 Å². The Bertz CT molecular complexity index is 304. The number of ketones is 1. The molecule has 0 spiro atoms. The zero-order chi connectivity index (χ0) is 10.2. The van der Waals surface area contributed by atoms with Crippen molar-refractivity contribution in [2.45, 2.75) is 51.9 Å². The summed E-state index contributed by atoms with van der Waals surface area (Å²) in [5, 5.41) is 9.36. The molecule has 2 nitrogen and oxygen atoms in total. The maximum Gasteiger partial charge on any atom is 0.134 e. The molecule has 0 radical (unpaired) electrons. The number of rotatable bonds is 0. The van der Waals surface area contributed by atoms with Gasteiger partial charge in [-0.3, -0.25) is 4.79 Å². The molecule has 0 saturated heterocycles. The standard InChI is InChI=1S/C12H17NO/c1-11-5-2-3-6-12(11,9-13)8-10(14)4-7-11/h2-8H2,1H3/t11-,12+/m0/s1. The zero-order valence-corrected chi connectivity index (χ0v) is 8.81. The Hall–Kier alpha value is -0.840. The van der Waals surface area contributed by atoms with Crippen molar-refractivity contribution in [3.05, 3.63) is 0 Å². The molecule has 0 amide bonds. The molecule has 0 aromatic carbocycles. The molecule has 76 valence electrons. The molecule has 2 fully saturated rings. The van der Waals surface area contributed by atoms with E-state index in [0.717, 1.165) is 25.7 Å². The summed E-state index contributed by atoms with van der Waals surface area (Å²) < 4.78 is 0. The highest BCUT2D eigenvalue weighted by Gasteiger charge is 2.53. The van der Waals surface area contributed by atoms with E-state index in [9.17, 15) is 10.1 Å². The lowest BCUT2D eigenvalue weighted by molar-refractivity contribution is -0.129. The molecule has 2 aliphatic rings. The van der Waals surface area contributed by atoms with Crippen molar-refractivity contribution in [2.24, 2.45) is 10.8 Å². The Morgan fingerprint density at radius 1 is 1.29 bits per heavy atom. The van der Waals surface area contributed by atoms with Crippen molar-refractivity contribution in [2.75, 3.05) is 0 Å². The van der Waals surface area contributed by atoms with Crippen LogP contribution in [-0.2, 0) is 4.79 Å². The molecule has 0 bridgehead atoms. The second-order valence-electron chi connectivity index (χ2n) is 5.18. The molecule has 0 aliphatic heterocycles. The van der Waals surface area contributed by atoms with Crippen molar-refractivity contribution in [3.8, 4) is 6.07 Å². The number of hydrogen-bond donors (Lipinski definition) is 0. The van der Waals surface area contributed by atoms with Crippen molar-refractivity contribution in [3.63, 3.8) is 0 Å². The predicted octanol–water partition coefficient (Wildman–Crippen LogP) is 2.83. The van der Waals surface area contributed by atoms with Crippen LogP contribution in [0.15, 0.2) is 0 Å². The highest BCUT2D eigenvalue weighted by Crippen LogP contribution is 2.57. The highest BCUT2D eigenvalue weighted by atomic mass is 16.1. The molecular formula is C12H17NO. The summed E-state index contributed by atoms with van der Waals surface area (Å²) in [5.41, 5.74) is -0.200. The topological polar surface area (TPSA) is 40.9 Å². The SMILES string of the molecule is C[C@@]12CCCC[C@]1(C#N)CC(=O)CC2. The van der Waals surface area contributed by atoms with Gasteiger partial charge in [0.1, 0.15) is 5.78 Å². The third-order valence-corrected chi connectivity index (χ3v) is 4.41. The molecule has 2 rings (SSSR count). The molecule has 2 atom stereocenters. The molecule has 14 heavy (non-hydrogen) atoms. The van der Waals surface area contributed by atoms with Crippen LogP contribution in [0.5, 0.6) is 0 Å². The van der Waals surface area contributed by atoms with E-state index in [4.69, 9.17) is 0 Å². The van der Waals surface area contributed by atoms with Crippen molar-refractivity contribution >= 4 is 5.78 Å². The van der Waals surface area contributed by atoms with Crippen LogP contribution in [0.1, 0.15) is 51.9 Å². The molecule has 0 N–H and O–H groups in total. The van der Waals surface area contributed by atoms with Gasteiger partial charge < -0.3 is 0 Å². The lowest BCUT2D eigenvalue weighted by atomic mass is 9.51. The van der Waals surface area contributed by atoms with Crippen LogP contribution in [0.4, 0.5) is 0 Å². The van der Waals surface area contributed by atoms with Crippen molar-refractivity contribution in [1.82, 2.24) is 0 Å². The normalized spacial score (nSPS) is 42.7. The van der Waals surface area contributed by atoms with Gasteiger partial charge in [-0.05, 0) is 24.7 Å². The highest BCUT2D eigenvalue weighted by molar-refractivity contribution is 5.80. The second-order valence-corrected chi connectivity index (χ2v) is 5.18. The number of nitriles is 1. The maximum absolute atomic E-state index is 11.5. The first-order valence-electron chi connectivity index (χ1n) is 5.55. The van der Waals surface area contributed by atoms with Crippen LogP contribution in [0.25, 0.3) is 0 Å². The second kappa shape index (κ2) is 3.08. The van der Waals surface area contributed by atoms with Gasteiger partial charge >= 0.3 is 0 Å². The molecule has 2 heteroatoms. The van der Waals surface area contributed by atoms with E-state index in [1.54, 1.807) is 0 Å². The lowest BCUT2D eigenvalue weighted by Gasteiger charge is -2.50. The number of nitrogens with zero attached hydrogens (tertiary/aromatic N) is 1. The van der Waals surface area contributed by atoms with E-state index < -0.39 is 0 Å².